The maximum atomic E-state index is 12.5. The van der Waals surface area contributed by atoms with Crippen LogP contribution in [0.5, 0.6) is 0 Å². The summed E-state index contributed by atoms with van der Waals surface area (Å²) in [4.78, 5) is 14.8. The normalized spacial score (nSPS) is 24.0. The van der Waals surface area contributed by atoms with Gasteiger partial charge in [-0.25, -0.2) is 0 Å². The van der Waals surface area contributed by atoms with Crippen LogP contribution >= 0.6 is 0 Å². The molecule has 1 N–H and O–H groups in total. The van der Waals surface area contributed by atoms with Gasteiger partial charge in [0.15, 0.2) is 0 Å². The molecule has 1 aliphatic heterocycles. The molecule has 4 heteroatoms. The molecule has 0 radical (unpaired) electrons. The van der Waals surface area contributed by atoms with Gasteiger partial charge >= 0.3 is 0 Å². The number of benzene rings is 1. The summed E-state index contributed by atoms with van der Waals surface area (Å²) in [7, 11) is 2.07. The van der Waals surface area contributed by atoms with Crippen molar-refractivity contribution in [2.75, 3.05) is 20.1 Å². The van der Waals surface area contributed by atoms with E-state index in [1.54, 1.807) is 16.8 Å². The lowest BCUT2D eigenvalue weighted by Gasteiger charge is -2.49. The number of aliphatic hydroxyl groups is 1. The molecule has 1 aliphatic rings. The van der Waals surface area contributed by atoms with Crippen molar-refractivity contribution in [3.05, 3.63) is 59.0 Å². The number of hydrogen-bond acceptors (Lipinski definition) is 3. The third-order valence-corrected chi connectivity index (χ3v) is 5.37. The predicted molar refractivity (Wildman–Crippen MR) is 97.0 cm³/mol. The Kier molecular flexibility index (Phi) is 4.37. The maximum Gasteiger partial charge on any atom is 0.251 e. The minimum absolute atomic E-state index is 0.0699. The van der Waals surface area contributed by atoms with Gasteiger partial charge < -0.3 is 14.6 Å². The van der Waals surface area contributed by atoms with Crippen LogP contribution in [-0.2, 0) is 6.54 Å². The molecule has 1 aromatic carbocycles. The van der Waals surface area contributed by atoms with Crippen LogP contribution in [0.1, 0.15) is 20.3 Å². The molecule has 3 rings (SSSR count). The number of pyridine rings is 1. The summed E-state index contributed by atoms with van der Waals surface area (Å²) >= 11 is 0. The largest absolute Gasteiger partial charge is 0.387 e. The Morgan fingerprint density at radius 3 is 2.46 bits per heavy atom. The zero-order valence-electron chi connectivity index (χ0n) is 14.7. The van der Waals surface area contributed by atoms with E-state index in [1.807, 2.05) is 36.4 Å². The molecule has 0 amide bonds. The number of nitrogens with zero attached hydrogens (tertiary/aromatic N) is 2. The molecular formula is C20H26N2O2. The molecule has 1 atom stereocenters. The molecule has 24 heavy (non-hydrogen) atoms. The fraction of sp³-hybridized carbons (Fsp3) is 0.450. The van der Waals surface area contributed by atoms with E-state index in [-0.39, 0.29) is 11.0 Å². The minimum atomic E-state index is -0.877. The van der Waals surface area contributed by atoms with Gasteiger partial charge in [0.25, 0.3) is 5.56 Å². The number of rotatable bonds is 3. The zero-order valence-corrected chi connectivity index (χ0v) is 14.7. The van der Waals surface area contributed by atoms with Gasteiger partial charge in [0.05, 0.1) is 12.1 Å². The van der Waals surface area contributed by atoms with E-state index in [0.717, 1.165) is 24.2 Å². The van der Waals surface area contributed by atoms with Crippen molar-refractivity contribution in [3.63, 3.8) is 0 Å². The van der Waals surface area contributed by atoms with Gasteiger partial charge in [0.2, 0.25) is 0 Å². The monoisotopic (exact) mass is 326 g/mol. The quantitative estimate of drug-likeness (QED) is 0.943. The highest BCUT2D eigenvalue weighted by Gasteiger charge is 2.47. The van der Waals surface area contributed by atoms with Crippen LogP contribution in [0.4, 0.5) is 0 Å². The molecule has 128 valence electrons. The highest BCUT2D eigenvalue weighted by Crippen LogP contribution is 2.39. The highest BCUT2D eigenvalue weighted by molar-refractivity contribution is 5.62. The molecule has 0 bridgehead atoms. The fourth-order valence-electron chi connectivity index (χ4n) is 3.64. The minimum Gasteiger partial charge on any atom is -0.387 e. The summed E-state index contributed by atoms with van der Waals surface area (Å²) in [5.41, 5.74) is 0.723. The molecule has 2 aromatic rings. The van der Waals surface area contributed by atoms with Crippen LogP contribution in [0.3, 0.4) is 0 Å². The summed E-state index contributed by atoms with van der Waals surface area (Å²) < 4.78 is 1.64. The first-order valence-electron chi connectivity index (χ1n) is 8.48. The second-order valence-corrected chi connectivity index (χ2v) is 7.65. The van der Waals surface area contributed by atoms with E-state index < -0.39 is 5.60 Å². The predicted octanol–water partition coefficient (Wildman–Crippen LogP) is 2.61. The van der Waals surface area contributed by atoms with E-state index in [2.05, 4.69) is 25.8 Å². The van der Waals surface area contributed by atoms with Crippen molar-refractivity contribution in [1.82, 2.24) is 9.47 Å². The Morgan fingerprint density at radius 2 is 1.83 bits per heavy atom. The third-order valence-electron chi connectivity index (χ3n) is 5.37. The Balaban J connectivity index is 1.87. The first-order valence-corrected chi connectivity index (χ1v) is 8.48. The van der Waals surface area contributed by atoms with Gasteiger partial charge in [0.1, 0.15) is 0 Å². The number of likely N-dealkylation sites (tertiary alicyclic amines) is 1. The van der Waals surface area contributed by atoms with Gasteiger partial charge in [-0.3, -0.25) is 4.79 Å². The zero-order chi connectivity index (χ0) is 17.4. The van der Waals surface area contributed by atoms with Crippen molar-refractivity contribution in [1.29, 1.82) is 0 Å². The maximum absolute atomic E-state index is 12.5. The Morgan fingerprint density at radius 1 is 1.12 bits per heavy atom. The van der Waals surface area contributed by atoms with Gasteiger partial charge in [-0.05, 0) is 30.7 Å². The molecule has 4 nitrogen and oxygen atoms in total. The molecule has 1 saturated heterocycles. The van der Waals surface area contributed by atoms with Crippen molar-refractivity contribution in [2.24, 2.45) is 5.41 Å². The van der Waals surface area contributed by atoms with E-state index in [4.69, 9.17) is 0 Å². The molecule has 1 fully saturated rings. The molecule has 0 spiro atoms. The number of piperidine rings is 1. The number of aromatic nitrogens is 1. The Hall–Kier alpha value is -1.91. The Labute approximate surface area is 143 Å². The van der Waals surface area contributed by atoms with Crippen molar-refractivity contribution >= 4 is 0 Å². The molecule has 0 saturated carbocycles. The van der Waals surface area contributed by atoms with Crippen LogP contribution < -0.4 is 5.56 Å². The van der Waals surface area contributed by atoms with Gasteiger partial charge in [-0.2, -0.15) is 0 Å². The Bertz CT molecular complexity index is 767. The second-order valence-electron chi connectivity index (χ2n) is 7.65. The van der Waals surface area contributed by atoms with Crippen molar-refractivity contribution in [2.45, 2.75) is 32.4 Å². The average molecular weight is 326 g/mol. The van der Waals surface area contributed by atoms with Crippen LogP contribution in [0.2, 0.25) is 0 Å². The molecular weight excluding hydrogens is 300 g/mol. The standard InChI is InChI=1S/C20H26N2O2/c1-19(2)14-21(3)12-10-20(19,24)15-22-11-9-17(13-18(22)23)16-7-5-4-6-8-16/h4-9,11,13,24H,10,12,14-15H2,1-3H3. The summed E-state index contributed by atoms with van der Waals surface area (Å²) in [6, 6.07) is 13.5. The third kappa shape index (κ3) is 3.17. The van der Waals surface area contributed by atoms with Gasteiger partial charge in [0, 0.05) is 30.8 Å². The van der Waals surface area contributed by atoms with E-state index in [0.29, 0.717) is 13.0 Å². The van der Waals surface area contributed by atoms with Crippen LogP contribution in [-0.4, -0.2) is 40.3 Å². The van der Waals surface area contributed by atoms with E-state index in [1.165, 1.54) is 0 Å². The van der Waals surface area contributed by atoms with Gasteiger partial charge in [-0.1, -0.05) is 44.2 Å². The lowest BCUT2D eigenvalue weighted by Crippen LogP contribution is -2.59. The van der Waals surface area contributed by atoms with Crippen molar-refractivity contribution in [3.8, 4) is 11.1 Å². The first kappa shape index (κ1) is 16.9. The fourth-order valence-corrected chi connectivity index (χ4v) is 3.64. The molecule has 1 aromatic heterocycles. The summed E-state index contributed by atoms with van der Waals surface area (Å²) in [6.07, 6.45) is 2.47. The molecule has 1 unspecified atom stereocenters. The summed E-state index contributed by atoms with van der Waals surface area (Å²) in [5.74, 6) is 0. The van der Waals surface area contributed by atoms with Crippen LogP contribution in [0.15, 0.2) is 53.5 Å². The lowest BCUT2D eigenvalue weighted by molar-refractivity contribution is -0.124. The van der Waals surface area contributed by atoms with Crippen LogP contribution in [0, 0.1) is 5.41 Å². The molecule has 0 aliphatic carbocycles. The topological polar surface area (TPSA) is 45.5 Å². The lowest BCUT2D eigenvalue weighted by atomic mass is 9.70. The smallest absolute Gasteiger partial charge is 0.251 e. The number of hydrogen-bond donors (Lipinski definition) is 1. The average Bonchev–Trinajstić information content (AvgIpc) is 2.54. The van der Waals surface area contributed by atoms with Crippen LogP contribution in [0.25, 0.3) is 11.1 Å². The highest BCUT2D eigenvalue weighted by atomic mass is 16.3. The second kappa shape index (κ2) is 6.19. The van der Waals surface area contributed by atoms with Crippen molar-refractivity contribution < 1.29 is 5.11 Å². The molecule has 2 heterocycles. The van der Waals surface area contributed by atoms with E-state index in [9.17, 15) is 9.90 Å². The van der Waals surface area contributed by atoms with E-state index >= 15 is 0 Å². The van der Waals surface area contributed by atoms with Gasteiger partial charge in [-0.15, -0.1) is 0 Å². The SMILES string of the molecule is CN1CCC(O)(Cn2ccc(-c3ccccc3)cc2=O)C(C)(C)C1. The summed E-state index contributed by atoms with van der Waals surface area (Å²) in [5, 5.41) is 11.2. The first-order chi connectivity index (χ1) is 11.3. The summed E-state index contributed by atoms with van der Waals surface area (Å²) in [6.45, 7) is 6.15.